The van der Waals surface area contributed by atoms with Crippen LogP contribution in [-0.2, 0) is 21.8 Å². The molecule has 1 heterocycles. The normalized spacial score (nSPS) is 21.2. The van der Waals surface area contributed by atoms with Crippen LogP contribution in [0.4, 0.5) is 30.7 Å². The summed E-state index contributed by atoms with van der Waals surface area (Å²) in [6, 6.07) is 4.62. The molecule has 2 aromatic rings. The van der Waals surface area contributed by atoms with Gasteiger partial charge in [-0.15, -0.1) is 0 Å². The molecule has 0 saturated carbocycles. The first-order chi connectivity index (χ1) is 14.4. The molecular weight excluding hydrogens is 499 g/mol. The van der Waals surface area contributed by atoms with E-state index in [-0.39, 0.29) is 18.2 Å². The maximum absolute atomic E-state index is 13.4. The Morgan fingerprint density at radius 3 is 2.19 bits per heavy atom. The zero-order chi connectivity index (χ0) is 23.0. The molecular formula is C20H17BrF7NO2. The lowest BCUT2D eigenvalue weighted by Crippen LogP contribution is -2.43. The number of rotatable bonds is 4. The fourth-order valence-corrected chi connectivity index (χ4v) is 3.80. The molecule has 11 heteroatoms. The predicted molar refractivity (Wildman–Crippen MR) is 101 cm³/mol. The van der Waals surface area contributed by atoms with E-state index in [1.54, 1.807) is 0 Å². The third kappa shape index (κ3) is 5.76. The second-order valence-corrected chi connectivity index (χ2v) is 7.81. The van der Waals surface area contributed by atoms with Gasteiger partial charge in [0.05, 0.1) is 29.9 Å². The van der Waals surface area contributed by atoms with Gasteiger partial charge in [-0.25, -0.2) is 4.39 Å². The Kier molecular flexibility index (Phi) is 6.99. The Hall–Kier alpha value is -1.69. The number of hydrogen-bond donors (Lipinski definition) is 1. The van der Waals surface area contributed by atoms with Crippen molar-refractivity contribution in [3.8, 4) is 0 Å². The van der Waals surface area contributed by atoms with Crippen LogP contribution >= 0.6 is 15.9 Å². The van der Waals surface area contributed by atoms with Gasteiger partial charge in [0.2, 0.25) is 0 Å². The lowest BCUT2D eigenvalue weighted by molar-refractivity contribution is -0.200. The highest BCUT2D eigenvalue weighted by atomic mass is 79.9. The van der Waals surface area contributed by atoms with Gasteiger partial charge < -0.3 is 14.8 Å². The second-order valence-electron chi connectivity index (χ2n) is 6.95. The Morgan fingerprint density at radius 2 is 1.65 bits per heavy atom. The van der Waals surface area contributed by atoms with Crippen LogP contribution in [0, 0.1) is 5.82 Å². The van der Waals surface area contributed by atoms with Gasteiger partial charge in [-0.05, 0) is 48.4 Å². The summed E-state index contributed by atoms with van der Waals surface area (Å²) in [7, 11) is 0. The standard InChI is InChI=1S/C20H17BrF7NO2/c1-10(11-6-12(19(23,24)25)8-13(7-11)20(26,27)28)31-18-17(29-4-5-30-18)15-3-2-14(22)9-16(15)21/h2-3,6-10,17-18,29H,4-5H2,1H3/t10-,17+,18-/m1/s1. The first-order valence-corrected chi connectivity index (χ1v) is 9.90. The molecule has 0 aliphatic carbocycles. The Bertz CT molecular complexity index is 900. The largest absolute Gasteiger partial charge is 0.416 e. The molecule has 0 spiro atoms. The molecule has 3 atom stereocenters. The van der Waals surface area contributed by atoms with Gasteiger partial charge in [0.25, 0.3) is 0 Å². The number of morpholine rings is 1. The minimum Gasteiger partial charge on any atom is -0.349 e. The quantitative estimate of drug-likeness (QED) is 0.478. The monoisotopic (exact) mass is 515 g/mol. The van der Waals surface area contributed by atoms with E-state index in [4.69, 9.17) is 9.47 Å². The average molecular weight is 516 g/mol. The van der Waals surface area contributed by atoms with Gasteiger partial charge in [0.15, 0.2) is 6.29 Å². The molecule has 0 aromatic heterocycles. The lowest BCUT2D eigenvalue weighted by atomic mass is 10.0. The molecule has 3 nitrogen and oxygen atoms in total. The summed E-state index contributed by atoms with van der Waals surface area (Å²) in [6.07, 6.45) is -12.1. The van der Waals surface area contributed by atoms with Crippen LogP contribution in [0.5, 0.6) is 0 Å². The highest BCUT2D eigenvalue weighted by Crippen LogP contribution is 2.39. The molecule has 1 N–H and O–H groups in total. The van der Waals surface area contributed by atoms with Crippen LogP contribution < -0.4 is 5.32 Å². The molecule has 1 fully saturated rings. The van der Waals surface area contributed by atoms with Gasteiger partial charge in [-0.1, -0.05) is 22.0 Å². The molecule has 0 unspecified atom stereocenters. The van der Waals surface area contributed by atoms with Crippen molar-refractivity contribution in [2.24, 2.45) is 0 Å². The molecule has 31 heavy (non-hydrogen) atoms. The smallest absolute Gasteiger partial charge is 0.349 e. The summed E-state index contributed by atoms with van der Waals surface area (Å²) in [5.74, 6) is -0.484. The van der Waals surface area contributed by atoms with E-state index in [1.807, 2.05) is 0 Å². The summed E-state index contributed by atoms with van der Waals surface area (Å²) in [6.45, 7) is 1.97. The van der Waals surface area contributed by atoms with Crippen molar-refractivity contribution < 1.29 is 40.2 Å². The van der Waals surface area contributed by atoms with E-state index in [1.165, 1.54) is 25.1 Å². The maximum atomic E-state index is 13.4. The van der Waals surface area contributed by atoms with Crippen molar-refractivity contribution in [1.29, 1.82) is 0 Å². The zero-order valence-corrected chi connectivity index (χ0v) is 17.5. The van der Waals surface area contributed by atoms with E-state index in [0.29, 0.717) is 28.7 Å². The average Bonchev–Trinajstić information content (AvgIpc) is 2.67. The van der Waals surface area contributed by atoms with Crippen molar-refractivity contribution in [2.45, 2.75) is 37.7 Å². The molecule has 2 aromatic carbocycles. The summed E-state index contributed by atoms with van der Waals surface area (Å²) in [5.41, 5.74) is -2.58. The highest BCUT2D eigenvalue weighted by molar-refractivity contribution is 9.10. The minimum atomic E-state index is -4.96. The van der Waals surface area contributed by atoms with Gasteiger partial charge in [0.1, 0.15) is 5.82 Å². The third-order valence-electron chi connectivity index (χ3n) is 4.74. The Morgan fingerprint density at radius 1 is 1.03 bits per heavy atom. The van der Waals surface area contributed by atoms with Crippen LogP contribution in [0.15, 0.2) is 40.9 Å². The van der Waals surface area contributed by atoms with Gasteiger partial charge in [-0.3, -0.25) is 0 Å². The highest BCUT2D eigenvalue weighted by Gasteiger charge is 2.38. The second kappa shape index (κ2) is 9.05. The van der Waals surface area contributed by atoms with Crippen molar-refractivity contribution in [2.75, 3.05) is 13.2 Å². The van der Waals surface area contributed by atoms with Crippen molar-refractivity contribution in [3.05, 3.63) is 68.9 Å². The number of benzene rings is 2. The number of halogens is 8. The van der Waals surface area contributed by atoms with Crippen molar-refractivity contribution in [3.63, 3.8) is 0 Å². The van der Waals surface area contributed by atoms with E-state index in [0.717, 1.165) is 0 Å². The van der Waals surface area contributed by atoms with Crippen LogP contribution in [0.2, 0.25) is 0 Å². The first kappa shape index (κ1) is 24.0. The Balaban J connectivity index is 1.90. The van der Waals surface area contributed by atoms with Crippen molar-refractivity contribution in [1.82, 2.24) is 5.32 Å². The predicted octanol–water partition coefficient (Wildman–Crippen LogP) is 6.39. The van der Waals surface area contributed by atoms with E-state index < -0.39 is 47.7 Å². The van der Waals surface area contributed by atoms with Gasteiger partial charge >= 0.3 is 12.4 Å². The SMILES string of the molecule is C[C@@H](O[C@H]1OCCN[C@H]1c1ccc(F)cc1Br)c1cc(C(F)(F)F)cc(C(F)(F)F)c1. The number of hydrogen-bond acceptors (Lipinski definition) is 3. The fourth-order valence-electron chi connectivity index (χ4n) is 3.20. The van der Waals surface area contributed by atoms with Crippen LogP contribution in [0.25, 0.3) is 0 Å². The van der Waals surface area contributed by atoms with Crippen LogP contribution in [-0.4, -0.2) is 19.4 Å². The lowest BCUT2D eigenvalue weighted by Gasteiger charge is -2.35. The number of alkyl halides is 6. The van der Waals surface area contributed by atoms with Gasteiger partial charge in [-0.2, -0.15) is 26.3 Å². The summed E-state index contributed by atoms with van der Waals surface area (Å²) >= 11 is 3.24. The van der Waals surface area contributed by atoms with Crippen LogP contribution in [0.3, 0.4) is 0 Å². The molecule has 1 saturated heterocycles. The number of ether oxygens (including phenoxy) is 2. The summed E-state index contributed by atoms with van der Waals surface area (Å²) in [4.78, 5) is 0. The van der Waals surface area contributed by atoms with Gasteiger partial charge in [0, 0.05) is 11.0 Å². The molecule has 1 aliphatic heterocycles. The Labute approximate surface area is 181 Å². The molecule has 1 aliphatic rings. The van der Waals surface area contributed by atoms with E-state index in [2.05, 4.69) is 21.2 Å². The zero-order valence-electron chi connectivity index (χ0n) is 16.0. The summed E-state index contributed by atoms with van der Waals surface area (Å²) < 4.78 is 104. The molecule has 0 amide bonds. The van der Waals surface area contributed by atoms with E-state index >= 15 is 0 Å². The fraction of sp³-hybridized carbons (Fsp3) is 0.400. The minimum absolute atomic E-state index is 0.0628. The topological polar surface area (TPSA) is 30.5 Å². The van der Waals surface area contributed by atoms with Crippen LogP contribution in [0.1, 0.15) is 41.3 Å². The maximum Gasteiger partial charge on any atom is 0.416 e. The number of nitrogens with one attached hydrogen (secondary N) is 1. The molecule has 0 radical (unpaired) electrons. The third-order valence-corrected chi connectivity index (χ3v) is 5.42. The summed E-state index contributed by atoms with van der Waals surface area (Å²) in [5, 5.41) is 3.11. The molecule has 3 rings (SSSR count). The van der Waals surface area contributed by atoms with E-state index in [9.17, 15) is 30.7 Å². The molecule has 170 valence electrons. The molecule has 0 bridgehead atoms. The van der Waals surface area contributed by atoms with Crippen molar-refractivity contribution >= 4 is 15.9 Å². The first-order valence-electron chi connectivity index (χ1n) is 9.11.